The van der Waals surface area contributed by atoms with Crippen molar-refractivity contribution in [2.45, 2.75) is 26.3 Å². The van der Waals surface area contributed by atoms with Crippen molar-refractivity contribution in [1.82, 2.24) is 5.43 Å². The van der Waals surface area contributed by atoms with Crippen LogP contribution in [0, 0.1) is 0 Å². The maximum Gasteiger partial charge on any atom is 0.275 e. The van der Waals surface area contributed by atoms with E-state index in [4.69, 9.17) is 16.3 Å². The summed E-state index contributed by atoms with van der Waals surface area (Å²) in [5, 5.41) is 4.65. The van der Waals surface area contributed by atoms with Gasteiger partial charge in [0.25, 0.3) is 5.91 Å². The van der Waals surface area contributed by atoms with Crippen LogP contribution in [0.15, 0.2) is 47.6 Å². The van der Waals surface area contributed by atoms with E-state index >= 15 is 0 Å². The Kier molecular flexibility index (Phi) is 5.47. The fourth-order valence-electron chi connectivity index (χ4n) is 3.34. The van der Waals surface area contributed by atoms with Crippen LogP contribution in [0.3, 0.4) is 0 Å². The molecule has 0 unspecified atom stereocenters. The number of fused-ring (bicyclic) bond motifs is 1. The lowest BCUT2D eigenvalue weighted by molar-refractivity contribution is 0.0952. The third kappa shape index (κ3) is 3.76. The molecule has 1 aliphatic heterocycles. The molecule has 1 aliphatic rings. The van der Waals surface area contributed by atoms with Gasteiger partial charge >= 0.3 is 0 Å². The first kappa shape index (κ1) is 20.0. The molecule has 0 radical (unpaired) electrons. The molecule has 0 aliphatic carbocycles. The van der Waals surface area contributed by atoms with E-state index in [1.807, 2.05) is 12.1 Å². The Hall–Kier alpha value is -2.79. The lowest BCUT2D eigenvalue weighted by atomic mass is 9.88. The van der Waals surface area contributed by atoms with Crippen LogP contribution in [0.5, 0.6) is 5.75 Å². The first-order chi connectivity index (χ1) is 13.2. The summed E-state index contributed by atoms with van der Waals surface area (Å²) < 4.78 is 5.21. The number of hydrogen-bond acceptors (Lipinski definition) is 4. The van der Waals surface area contributed by atoms with Crippen molar-refractivity contribution < 1.29 is 9.53 Å². The molecular formula is C22H24ClN3O2. The fourth-order valence-corrected chi connectivity index (χ4v) is 3.55. The van der Waals surface area contributed by atoms with E-state index in [2.05, 4.69) is 49.3 Å². The molecule has 146 valence electrons. The summed E-state index contributed by atoms with van der Waals surface area (Å²) in [4.78, 5) is 14.5. The number of halogens is 1. The number of rotatable bonds is 4. The van der Waals surface area contributed by atoms with Crippen LogP contribution in [-0.2, 0) is 0 Å². The molecule has 2 aromatic rings. The largest absolute Gasteiger partial charge is 0.496 e. The van der Waals surface area contributed by atoms with Crippen molar-refractivity contribution in [2.24, 2.45) is 5.10 Å². The number of hydrazone groups is 1. The number of para-hydroxylation sites is 1. The van der Waals surface area contributed by atoms with Crippen molar-refractivity contribution in [3.63, 3.8) is 0 Å². The summed E-state index contributed by atoms with van der Waals surface area (Å²) in [5.74, 6) is 0.147. The molecule has 0 atom stereocenters. The Morgan fingerprint density at radius 1 is 1.29 bits per heavy atom. The molecule has 2 aromatic carbocycles. The summed E-state index contributed by atoms with van der Waals surface area (Å²) in [7, 11) is 3.58. The number of carbonyl (C=O) groups excluding carboxylic acids is 1. The molecule has 0 saturated heterocycles. The number of anilines is 1. The second kappa shape index (κ2) is 7.68. The van der Waals surface area contributed by atoms with Crippen LogP contribution in [0.2, 0.25) is 5.02 Å². The lowest BCUT2D eigenvalue weighted by Crippen LogP contribution is -2.42. The lowest BCUT2D eigenvalue weighted by Gasteiger charge is -2.40. The minimum atomic E-state index is -0.347. The van der Waals surface area contributed by atoms with Gasteiger partial charge in [0.05, 0.1) is 29.4 Å². The SMILES string of the molecule is COc1ccccc1C(=O)N/N=C/c1cc2c(cc1Cl)N(C)C(C)(C)C=C2C. The molecule has 6 heteroatoms. The summed E-state index contributed by atoms with van der Waals surface area (Å²) >= 11 is 6.48. The molecule has 3 rings (SSSR count). The van der Waals surface area contributed by atoms with E-state index in [0.29, 0.717) is 16.3 Å². The minimum absolute atomic E-state index is 0.0846. The maximum absolute atomic E-state index is 12.3. The van der Waals surface area contributed by atoms with Gasteiger partial charge in [0.1, 0.15) is 5.75 Å². The average molecular weight is 398 g/mol. The van der Waals surface area contributed by atoms with Gasteiger partial charge in [-0.15, -0.1) is 0 Å². The van der Waals surface area contributed by atoms with Gasteiger partial charge in [0.2, 0.25) is 0 Å². The van der Waals surface area contributed by atoms with Crippen LogP contribution in [0.25, 0.3) is 5.57 Å². The molecule has 0 saturated carbocycles. The van der Waals surface area contributed by atoms with Crippen molar-refractivity contribution >= 4 is 35.0 Å². The monoisotopic (exact) mass is 397 g/mol. The second-order valence-corrected chi connectivity index (χ2v) is 7.74. The minimum Gasteiger partial charge on any atom is -0.496 e. The average Bonchev–Trinajstić information content (AvgIpc) is 2.66. The molecule has 1 amide bonds. The number of nitrogens with one attached hydrogen (secondary N) is 1. The highest BCUT2D eigenvalue weighted by Gasteiger charge is 2.29. The quantitative estimate of drug-likeness (QED) is 0.598. The summed E-state index contributed by atoms with van der Waals surface area (Å²) in [6.07, 6.45) is 3.79. The van der Waals surface area contributed by atoms with Gasteiger partial charge in [-0.25, -0.2) is 5.43 Å². The molecule has 0 spiro atoms. The number of carbonyl (C=O) groups is 1. The van der Waals surface area contributed by atoms with E-state index in [1.54, 1.807) is 30.5 Å². The predicted molar refractivity (Wildman–Crippen MR) is 116 cm³/mol. The number of hydrogen-bond donors (Lipinski definition) is 1. The highest BCUT2D eigenvalue weighted by atomic mass is 35.5. The van der Waals surface area contributed by atoms with E-state index in [9.17, 15) is 4.79 Å². The Morgan fingerprint density at radius 3 is 2.71 bits per heavy atom. The highest BCUT2D eigenvalue weighted by Crippen LogP contribution is 2.40. The third-order valence-corrected chi connectivity index (χ3v) is 5.38. The zero-order valence-electron chi connectivity index (χ0n) is 16.7. The summed E-state index contributed by atoms with van der Waals surface area (Å²) in [5.41, 5.74) is 6.96. The maximum atomic E-state index is 12.3. The fraction of sp³-hybridized carbons (Fsp3) is 0.273. The number of ether oxygens (including phenoxy) is 1. The second-order valence-electron chi connectivity index (χ2n) is 7.33. The van der Waals surface area contributed by atoms with Crippen LogP contribution in [0.1, 0.15) is 42.3 Å². The predicted octanol–water partition coefficient (Wildman–Crippen LogP) is 4.74. The number of methoxy groups -OCH3 is 1. The molecule has 0 aromatic heterocycles. The smallest absolute Gasteiger partial charge is 0.275 e. The Morgan fingerprint density at radius 2 is 2.00 bits per heavy atom. The number of allylic oxidation sites excluding steroid dienone is 1. The number of benzene rings is 2. The van der Waals surface area contributed by atoms with Gasteiger partial charge in [-0.1, -0.05) is 29.8 Å². The Balaban J connectivity index is 1.84. The van der Waals surface area contributed by atoms with Gasteiger partial charge in [0, 0.05) is 23.9 Å². The summed E-state index contributed by atoms with van der Waals surface area (Å²) in [6.45, 7) is 6.41. The third-order valence-electron chi connectivity index (χ3n) is 5.06. The van der Waals surface area contributed by atoms with Crippen LogP contribution in [-0.4, -0.2) is 31.8 Å². The molecule has 5 nitrogen and oxygen atoms in total. The van der Waals surface area contributed by atoms with Crippen molar-refractivity contribution in [1.29, 1.82) is 0 Å². The van der Waals surface area contributed by atoms with Gasteiger partial charge in [0.15, 0.2) is 0 Å². The van der Waals surface area contributed by atoms with E-state index < -0.39 is 0 Å². The summed E-state index contributed by atoms with van der Waals surface area (Å²) in [6, 6.07) is 10.9. The van der Waals surface area contributed by atoms with E-state index in [-0.39, 0.29) is 11.4 Å². The van der Waals surface area contributed by atoms with Gasteiger partial charge in [-0.3, -0.25) is 4.79 Å². The van der Waals surface area contributed by atoms with Crippen molar-refractivity contribution in [3.8, 4) is 5.75 Å². The first-order valence-corrected chi connectivity index (χ1v) is 9.36. The van der Waals surface area contributed by atoms with Gasteiger partial charge in [-0.2, -0.15) is 5.10 Å². The highest BCUT2D eigenvalue weighted by molar-refractivity contribution is 6.33. The van der Waals surface area contributed by atoms with Crippen LogP contribution >= 0.6 is 11.6 Å². The van der Waals surface area contributed by atoms with Crippen molar-refractivity contribution in [2.75, 3.05) is 19.1 Å². The topological polar surface area (TPSA) is 53.9 Å². The Bertz CT molecular complexity index is 980. The number of nitrogens with zero attached hydrogens (tertiary/aromatic N) is 2. The molecule has 1 N–H and O–H groups in total. The number of amides is 1. The standard InChI is InChI=1S/C22H24ClN3O2/c1-14-12-22(2,3)26(4)19-11-18(23)15(10-17(14)19)13-24-25-21(27)16-8-6-7-9-20(16)28-5/h6-13H,1-5H3,(H,25,27)/b24-13+. The number of likely N-dealkylation sites (N-methyl/N-ethyl adjacent to an activating group) is 1. The Labute approximate surface area is 170 Å². The first-order valence-electron chi connectivity index (χ1n) is 8.98. The van der Waals surface area contributed by atoms with E-state index in [1.165, 1.54) is 12.7 Å². The van der Waals surface area contributed by atoms with Gasteiger partial charge in [-0.05, 0) is 50.6 Å². The molecular weight excluding hydrogens is 374 g/mol. The normalized spacial score (nSPS) is 15.2. The molecule has 1 heterocycles. The molecule has 28 heavy (non-hydrogen) atoms. The van der Waals surface area contributed by atoms with Crippen molar-refractivity contribution in [3.05, 3.63) is 64.2 Å². The zero-order chi connectivity index (χ0) is 20.5. The van der Waals surface area contributed by atoms with Crippen LogP contribution in [0.4, 0.5) is 5.69 Å². The van der Waals surface area contributed by atoms with E-state index in [0.717, 1.165) is 16.8 Å². The van der Waals surface area contributed by atoms with Gasteiger partial charge < -0.3 is 9.64 Å². The molecule has 0 bridgehead atoms. The zero-order valence-corrected chi connectivity index (χ0v) is 17.5. The molecule has 0 fully saturated rings. The van der Waals surface area contributed by atoms with Crippen LogP contribution < -0.4 is 15.1 Å².